The molecule has 0 saturated carbocycles. The molecule has 124 valence electrons. The summed E-state index contributed by atoms with van der Waals surface area (Å²) in [6, 6.07) is 15.8. The van der Waals surface area contributed by atoms with Gasteiger partial charge in [0.25, 0.3) is 0 Å². The Morgan fingerprint density at radius 1 is 1.08 bits per heavy atom. The second-order valence-corrected chi connectivity index (χ2v) is 6.42. The molecule has 1 atom stereocenters. The maximum Gasteiger partial charge on any atom is 0.229 e. The van der Waals surface area contributed by atoms with E-state index >= 15 is 0 Å². The van der Waals surface area contributed by atoms with E-state index in [-0.39, 0.29) is 24.2 Å². The number of rotatable bonds is 4. The number of aryl methyl sites for hydroxylation is 2. The van der Waals surface area contributed by atoms with Gasteiger partial charge in [-0.15, -0.1) is 0 Å². The van der Waals surface area contributed by atoms with Crippen LogP contribution in [0.5, 0.6) is 0 Å². The number of nitrogens with zero attached hydrogens (tertiary/aromatic N) is 1. The highest BCUT2D eigenvalue weighted by molar-refractivity contribution is 5.98. The standard InChI is InChI=1S/C20H22N2O2/c1-14-7-6-8-15(2)19(14)21-20(24)17-11-18(23)22(13-17)12-16-9-4-3-5-10-16/h3-10,17H,11-13H2,1-2H3,(H,21,24)/t17-/m1/s1. The van der Waals surface area contributed by atoms with Crippen molar-refractivity contribution < 1.29 is 9.59 Å². The van der Waals surface area contributed by atoms with Crippen LogP contribution in [0.25, 0.3) is 0 Å². The van der Waals surface area contributed by atoms with Crippen LogP contribution in [0, 0.1) is 19.8 Å². The van der Waals surface area contributed by atoms with Crippen LogP contribution in [-0.2, 0) is 16.1 Å². The monoisotopic (exact) mass is 322 g/mol. The highest BCUT2D eigenvalue weighted by atomic mass is 16.2. The second kappa shape index (κ2) is 6.87. The van der Waals surface area contributed by atoms with Crippen molar-refractivity contribution in [2.24, 2.45) is 5.92 Å². The molecule has 1 aliphatic rings. The summed E-state index contributed by atoms with van der Waals surface area (Å²) in [4.78, 5) is 26.6. The molecule has 0 bridgehead atoms. The van der Waals surface area contributed by atoms with Gasteiger partial charge in [0.15, 0.2) is 0 Å². The van der Waals surface area contributed by atoms with Gasteiger partial charge < -0.3 is 10.2 Å². The molecular formula is C20H22N2O2. The lowest BCUT2D eigenvalue weighted by atomic mass is 10.1. The van der Waals surface area contributed by atoms with Crippen LogP contribution in [0.2, 0.25) is 0 Å². The smallest absolute Gasteiger partial charge is 0.229 e. The van der Waals surface area contributed by atoms with E-state index < -0.39 is 0 Å². The number of anilines is 1. The molecule has 4 nitrogen and oxygen atoms in total. The lowest BCUT2D eigenvalue weighted by molar-refractivity contribution is -0.128. The van der Waals surface area contributed by atoms with E-state index in [1.165, 1.54) is 0 Å². The maximum atomic E-state index is 12.6. The number of hydrogen-bond donors (Lipinski definition) is 1. The van der Waals surface area contributed by atoms with Crippen LogP contribution in [-0.4, -0.2) is 23.3 Å². The molecule has 1 aliphatic heterocycles. The lowest BCUT2D eigenvalue weighted by Gasteiger charge is -2.17. The minimum absolute atomic E-state index is 0.0421. The molecule has 4 heteroatoms. The van der Waals surface area contributed by atoms with Gasteiger partial charge in [-0.2, -0.15) is 0 Å². The van der Waals surface area contributed by atoms with E-state index in [0.717, 1.165) is 22.4 Å². The summed E-state index contributed by atoms with van der Waals surface area (Å²) >= 11 is 0. The van der Waals surface area contributed by atoms with Crippen molar-refractivity contribution in [1.82, 2.24) is 4.90 Å². The zero-order chi connectivity index (χ0) is 17.1. The Morgan fingerprint density at radius 3 is 2.42 bits per heavy atom. The summed E-state index contributed by atoms with van der Waals surface area (Å²) in [5.41, 5.74) is 4.01. The molecule has 0 unspecified atom stereocenters. The van der Waals surface area contributed by atoms with Crippen molar-refractivity contribution in [1.29, 1.82) is 0 Å². The summed E-state index contributed by atoms with van der Waals surface area (Å²) in [6.07, 6.45) is 0.281. The van der Waals surface area contributed by atoms with Crippen molar-refractivity contribution in [2.75, 3.05) is 11.9 Å². The molecule has 0 aromatic heterocycles. The summed E-state index contributed by atoms with van der Waals surface area (Å²) in [5.74, 6) is -0.322. The van der Waals surface area contributed by atoms with Crippen LogP contribution in [0.1, 0.15) is 23.1 Å². The van der Waals surface area contributed by atoms with E-state index in [1.807, 2.05) is 62.4 Å². The van der Waals surface area contributed by atoms with Crippen molar-refractivity contribution in [3.63, 3.8) is 0 Å². The molecule has 3 rings (SSSR count). The molecule has 1 fully saturated rings. The van der Waals surface area contributed by atoms with Crippen molar-refractivity contribution >= 4 is 17.5 Å². The zero-order valence-electron chi connectivity index (χ0n) is 14.1. The summed E-state index contributed by atoms with van der Waals surface area (Å²) in [6.45, 7) is 4.99. The van der Waals surface area contributed by atoms with Crippen LogP contribution < -0.4 is 5.32 Å². The maximum absolute atomic E-state index is 12.6. The third kappa shape index (κ3) is 3.48. The molecule has 2 aromatic rings. The Balaban J connectivity index is 1.66. The molecule has 1 N–H and O–H groups in total. The average molecular weight is 322 g/mol. The zero-order valence-corrected chi connectivity index (χ0v) is 14.1. The number of para-hydroxylation sites is 1. The second-order valence-electron chi connectivity index (χ2n) is 6.42. The highest BCUT2D eigenvalue weighted by Gasteiger charge is 2.34. The SMILES string of the molecule is Cc1cccc(C)c1NC(=O)[C@@H]1CC(=O)N(Cc2ccccc2)C1. The number of likely N-dealkylation sites (tertiary alicyclic amines) is 1. The summed E-state index contributed by atoms with van der Waals surface area (Å²) in [7, 11) is 0. The number of benzene rings is 2. The molecule has 2 aromatic carbocycles. The Bertz CT molecular complexity index is 735. The topological polar surface area (TPSA) is 49.4 Å². The van der Waals surface area contributed by atoms with Crippen LogP contribution in [0.4, 0.5) is 5.69 Å². The quantitative estimate of drug-likeness (QED) is 0.939. The fourth-order valence-electron chi connectivity index (χ4n) is 3.14. The first kappa shape index (κ1) is 16.2. The number of amides is 2. The van der Waals surface area contributed by atoms with Gasteiger partial charge in [-0.05, 0) is 30.5 Å². The molecule has 0 spiro atoms. The molecular weight excluding hydrogens is 300 g/mol. The van der Waals surface area contributed by atoms with Gasteiger partial charge in [0.1, 0.15) is 0 Å². The average Bonchev–Trinajstić information content (AvgIpc) is 2.93. The number of nitrogens with one attached hydrogen (secondary N) is 1. The fourth-order valence-corrected chi connectivity index (χ4v) is 3.14. The molecule has 2 amide bonds. The minimum atomic E-state index is -0.291. The van der Waals surface area contributed by atoms with Crippen LogP contribution >= 0.6 is 0 Å². The van der Waals surface area contributed by atoms with Crippen molar-refractivity contribution in [3.05, 3.63) is 65.2 Å². The van der Waals surface area contributed by atoms with Crippen molar-refractivity contribution in [3.8, 4) is 0 Å². The molecule has 1 heterocycles. The first-order chi connectivity index (χ1) is 11.5. The minimum Gasteiger partial charge on any atom is -0.338 e. The molecule has 0 radical (unpaired) electrons. The van der Waals surface area contributed by atoms with Gasteiger partial charge in [0.2, 0.25) is 11.8 Å². The third-order valence-corrected chi connectivity index (χ3v) is 4.53. The predicted molar refractivity (Wildman–Crippen MR) is 94.5 cm³/mol. The first-order valence-electron chi connectivity index (χ1n) is 8.23. The van der Waals surface area contributed by atoms with Crippen LogP contribution in [0.15, 0.2) is 48.5 Å². The first-order valence-corrected chi connectivity index (χ1v) is 8.23. The van der Waals surface area contributed by atoms with Gasteiger partial charge in [-0.3, -0.25) is 9.59 Å². The van der Waals surface area contributed by atoms with E-state index in [2.05, 4.69) is 5.32 Å². The van der Waals surface area contributed by atoms with E-state index in [9.17, 15) is 9.59 Å². The van der Waals surface area contributed by atoms with E-state index in [0.29, 0.717) is 13.1 Å². The number of carbonyl (C=O) groups excluding carboxylic acids is 2. The Morgan fingerprint density at radius 2 is 1.75 bits per heavy atom. The van der Waals surface area contributed by atoms with Gasteiger partial charge in [0.05, 0.1) is 5.92 Å². The Hall–Kier alpha value is -2.62. The summed E-state index contributed by atoms with van der Waals surface area (Å²) in [5, 5.41) is 3.01. The number of carbonyl (C=O) groups is 2. The van der Waals surface area contributed by atoms with Crippen LogP contribution in [0.3, 0.4) is 0 Å². The van der Waals surface area contributed by atoms with E-state index in [4.69, 9.17) is 0 Å². The van der Waals surface area contributed by atoms with Gasteiger partial charge in [0, 0.05) is 25.2 Å². The van der Waals surface area contributed by atoms with Gasteiger partial charge >= 0.3 is 0 Å². The highest BCUT2D eigenvalue weighted by Crippen LogP contribution is 2.24. The normalized spacial score (nSPS) is 17.2. The molecule has 0 aliphatic carbocycles. The van der Waals surface area contributed by atoms with Gasteiger partial charge in [-0.25, -0.2) is 0 Å². The predicted octanol–water partition coefficient (Wildman–Crippen LogP) is 3.29. The van der Waals surface area contributed by atoms with Gasteiger partial charge in [-0.1, -0.05) is 48.5 Å². The number of hydrogen-bond acceptors (Lipinski definition) is 2. The Labute approximate surface area is 142 Å². The molecule has 1 saturated heterocycles. The molecule has 24 heavy (non-hydrogen) atoms. The summed E-state index contributed by atoms with van der Waals surface area (Å²) < 4.78 is 0. The lowest BCUT2D eigenvalue weighted by Crippen LogP contribution is -2.28. The fraction of sp³-hybridized carbons (Fsp3) is 0.300. The van der Waals surface area contributed by atoms with Crippen molar-refractivity contribution in [2.45, 2.75) is 26.8 Å². The Kier molecular flexibility index (Phi) is 4.65. The third-order valence-electron chi connectivity index (χ3n) is 4.53. The van der Waals surface area contributed by atoms with E-state index in [1.54, 1.807) is 4.90 Å². The largest absolute Gasteiger partial charge is 0.338 e.